The van der Waals surface area contributed by atoms with E-state index in [0.29, 0.717) is 0 Å². The van der Waals surface area contributed by atoms with Gasteiger partial charge in [-0.05, 0) is 18.2 Å². The van der Waals surface area contributed by atoms with Crippen molar-refractivity contribution in [1.29, 1.82) is 0 Å². The van der Waals surface area contributed by atoms with Gasteiger partial charge in [-0.2, -0.15) is 0 Å². The topological polar surface area (TPSA) is 15.7 Å². The molecule has 3 heteroatoms. The minimum atomic E-state index is 0.839. The Balaban J connectivity index is 2.16. The van der Waals surface area contributed by atoms with E-state index >= 15 is 0 Å². The fraction of sp³-hybridized carbons (Fsp3) is 0.500. The highest BCUT2D eigenvalue weighted by atomic mass is 16.5. The number of hydrogen-bond acceptors (Lipinski definition) is 3. The number of ether oxygens (including phenoxy) is 1. The van der Waals surface area contributed by atoms with Crippen LogP contribution < -0.4 is 9.80 Å². The molecule has 3 nitrogen and oxygen atoms in total. The summed E-state index contributed by atoms with van der Waals surface area (Å²) in [7, 11) is 4.14. The van der Waals surface area contributed by atoms with Gasteiger partial charge in [-0.3, -0.25) is 0 Å². The van der Waals surface area contributed by atoms with Crippen molar-refractivity contribution in [3.05, 3.63) is 24.3 Å². The fourth-order valence-corrected chi connectivity index (χ4v) is 1.79. The molecule has 0 spiro atoms. The number of hydrogen-bond donors (Lipinski definition) is 0. The summed E-state index contributed by atoms with van der Waals surface area (Å²) in [6.07, 6.45) is 0. The van der Waals surface area contributed by atoms with Crippen molar-refractivity contribution in [3.63, 3.8) is 0 Å². The molecule has 82 valence electrons. The third kappa shape index (κ3) is 2.42. The van der Waals surface area contributed by atoms with Crippen LogP contribution in [0, 0.1) is 0 Å². The molecule has 0 N–H and O–H groups in total. The monoisotopic (exact) mass is 206 g/mol. The van der Waals surface area contributed by atoms with Gasteiger partial charge in [0.25, 0.3) is 0 Å². The summed E-state index contributed by atoms with van der Waals surface area (Å²) < 4.78 is 5.35. The summed E-state index contributed by atoms with van der Waals surface area (Å²) in [6.45, 7) is 3.67. The largest absolute Gasteiger partial charge is 0.378 e. The highest BCUT2D eigenvalue weighted by Crippen LogP contribution is 2.21. The Labute approximate surface area is 91.2 Å². The number of morpholine rings is 1. The zero-order valence-electron chi connectivity index (χ0n) is 9.44. The molecule has 0 bridgehead atoms. The van der Waals surface area contributed by atoms with Gasteiger partial charge in [-0.15, -0.1) is 0 Å². The first kappa shape index (κ1) is 10.3. The van der Waals surface area contributed by atoms with Gasteiger partial charge in [0.05, 0.1) is 13.2 Å². The van der Waals surface area contributed by atoms with Crippen molar-refractivity contribution in [2.75, 3.05) is 50.2 Å². The fourth-order valence-electron chi connectivity index (χ4n) is 1.79. The smallest absolute Gasteiger partial charge is 0.0642 e. The van der Waals surface area contributed by atoms with Crippen LogP contribution in [0.4, 0.5) is 11.4 Å². The minimum Gasteiger partial charge on any atom is -0.378 e. The number of nitrogens with zero attached hydrogens (tertiary/aromatic N) is 2. The van der Waals surface area contributed by atoms with E-state index in [2.05, 4.69) is 48.2 Å². The number of rotatable bonds is 2. The van der Waals surface area contributed by atoms with Gasteiger partial charge in [-0.25, -0.2) is 0 Å². The Morgan fingerprint density at radius 1 is 1.20 bits per heavy atom. The zero-order valence-corrected chi connectivity index (χ0v) is 9.44. The van der Waals surface area contributed by atoms with Crippen LogP contribution in [0.3, 0.4) is 0 Å². The second-order valence-electron chi connectivity index (χ2n) is 4.01. The molecular formula is C12H18N2O. The maximum absolute atomic E-state index is 5.35. The molecule has 1 saturated heterocycles. The molecule has 1 fully saturated rings. The lowest BCUT2D eigenvalue weighted by molar-refractivity contribution is 0.122. The highest BCUT2D eigenvalue weighted by molar-refractivity contribution is 5.58. The SMILES string of the molecule is CN(C)c1cccc(N2CCOCC2)c1. The summed E-state index contributed by atoms with van der Waals surface area (Å²) >= 11 is 0. The first-order chi connectivity index (χ1) is 7.27. The van der Waals surface area contributed by atoms with Crippen molar-refractivity contribution in [2.24, 2.45) is 0 Å². The van der Waals surface area contributed by atoms with Gasteiger partial charge < -0.3 is 14.5 Å². The Kier molecular flexibility index (Phi) is 3.11. The van der Waals surface area contributed by atoms with E-state index in [1.165, 1.54) is 11.4 Å². The van der Waals surface area contributed by atoms with Gasteiger partial charge in [0.15, 0.2) is 0 Å². The molecule has 0 aromatic heterocycles. The normalized spacial score (nSPS) is 16.5. The minimum absolute atomic E-state index is 0.839. The zero-order chi connectivity index (χ0) is 10.7. The second-order valence-corrected chi connectivity index (χ2v) is 4.01. The lowest BCUT2D eigenvalue weighted by Gasteiger charge is -2.29. The van der Waals surface area contributed by atoms with E-state index in [9.17, 15) is 0 Å². The van der Waals surface area contributed by atoms with Crippen molar-refractivity contribution in [1.82, 2.24) is 0 Å². The summed E-state index contributed by atoms with van der Waals surface area (Å²) in [4.78, 5) is 4.50. The molecule has 1 heterocycles. The molecule has 1 aliphatic heterocycles. The average molecular weight is 206 g/mol. The average Bonchev–Trinajstić information content (AvgIpc) is 2.30. The van der Waals surface area contributed by atoms with Crippen LogP contribution in [-0.4, -0.2) is 40.4 Å². The van der Waals surface area contributed by atoms with Crippen molar-refractivity contribution in [3.8, 4) is 0 Å². The molecule has 0 unspecified atom stereocenters. The van der Waals surface area contributed by atoms with Gasteiger partial charge in [0.1, 0.15) is 0 Å². The van der Waals surface area contributed by atoms with Crippen LogP contribution in [0.5, 0.6) is 0 Å². The van der Waals surface area contributed by atoms with Crippen molar-refractivity contribution >= 4 is 11.4 Å². The summed E-state index contributed by atoms with van der Waals surface area (Å²) in [5.41, 5.74) is 2.54. The molecule has 0 atom stereocenters. The standard InChI is InChI=1S/C12H18N2O/c1-13(2)11-4-3-5-12(10-11)14-6-8-15-9-7-14/h3-5,10H,6-9H2,1-2H3. The first-order valence-electron chi connectivity index (χ1n) is 5.37. The Morgan fingerprint density at radius 3 is 2.60 bits per heavy atom. The van der Waals surface area contributed by atoms with Crippen LogP contribution in [-0.2, 0) is 4.74 Å². The lowest BCUT2D eigenvalue weighted by Crippen LogP contribution is -2.36. The molecule has 0 amide bonds. The predicted octanol–water partition coefficient (Wildman–Crippen LogP) is 1.59. The first-order valence-corrected chi connectivity index (χ1v) is 5.37. The van der Waals surface area contributed by atoms with Gasteiger partial charge >= 0.3 is 0 Å². The van der Waals surface area contributed by atoms with Crippen LogP contribution in [0.25, 0.3) is 0 Å². The molecule has 1 aliphatic rings. The van der Waals surface area contributed by atoms with E-state index < -0.39 is 0 Å². The predicted molar refractivity (Wildman–Crippen MR) is 63.8 cm³/mol. The molecule has 1 aromatic carbocycles. The Morgan fingerprint density at radius 2 is 1.93 bits per heavy atom. The quantitative estimate of drug-likeness (QED) is 0.731. The van der Waals surface area contributed by atoms with Crippen LogP contribution >= 0.6 is 0 Å². The third-order valence-electron chi connectivity index (χ3n) is 2.72. The lowest BCUT2D eigenvalue weighted by atomic mass is 10.2. The Bertz CT molecular complexity index is 319. The maximum Gasteiger partial charge on any atom is 0.0642 e. The molecule has 1 aromatic rings. The molecule has 0 saturated carbocycles. The van der Waals surface area contributed by atoms with Crippen LogP contribution in [0.2, 0.25) is 0 Å². The molecule has 0 radical (unpaired) electrons. The van der Waals surface area contributed by atoms with E-state index in [1.54, 1.807) is 0 Å². The summed E-state index contributed by atoms with van der Waals surface area (Å²) in [5, 5.41) is 0. The van der Waals surface area contributed by atoms with E-state index in [-0.39, 0.29) is 0 Å². The second kappa shape index (κ2) is 4.53. The summed E-state index contributed by atoms with van der Waals surface area (Å²) in [5.74, 6) is 0. The van der Waals surface area contributed by atoms with E-state index in [1.807, 2.05) is 0 Å². The van der Waals surface area contributed by atoms with Crippen molar-refractivity contribution < 1.29 is 4.74 Å². The maximum atomic E-state index is 5.35. The summed E-state index contributed by atoms with van der Waals surface area (Å²) in [6, 6.07) is 8.63. The van der Waals surface area contributed by atoms with E-state index in [0.717, 1.165) is 26.3 Å². The number of benzene rings is 1. The van der Waals surface area contributed by atoms with Crippen LogP contribution in [0.1, 0.15) is 0 Å². The van der Waals surface area contributed by atoms with E-state index in [4.69, 9.17) is 4.74 Å². The molecule has 0 aliphatic carbocycles. The highest BCUT2D eigenvalue weighted by Gasteiger charge is 2.11. The molecule has 2 rings (SSSR count). The Hall–Kier alpha value is -1.22. The van der Waals surface area contributed by atoms with Crippen LogP contribution in [0.15, 0.2) is 24.3 Å². The number of anilines is 2. The third-order valence-corrected chi connectivity index (χ3v) is 2.72. The molecule has 15 heavy (non-hydrogen) atoms. The van der Waals surface area contributed by atoms with Crippen molar-refractivity contribution in [2.45, 2.75) is 0 Å². The van der Waals surface area contributed by atoms with Gasteiger partial charge in [-0.1, -0.05) is 6.07 Å². The van der Waals surface area contributed by atoms with Gasteiger partial charge in [0.2, 0.25) is 0 Å². The molecular weight excluding hydrogens is 188 g/mol. The van der Waals surface area contributed by atoms with Gasteiger partial charge in [0, 0.05) is 38.6 Å².